The van der Waals surface area contributed by atoms with E-state index in [-0.39, 0.29) is 12.0 Å². The van der Waals surface area contributed by atoms with Crippen LogP contribution in [0.4, 0.5) is 5.69 Å². The van der Waals surface area contributed by atoms with Gasteiger partial charge in [0, 0.05) is 11.3 Å². The van der Waals surface area contributed by atoms with Gasteiger partial charge in [-0.05, 0) is 55.8 Å². The van der Waals surface area contributed by atoms with Gasteiger partial charge in [0.25, 0.3) is 5.91 Å². The number of hydrogen-bond donors (Lipinski definition) is 3. The molecule has 1 aromatic heterocycles. The van der Waals surface area contributed by atoms with Gasteiger partial charge in [-0.1, -0.05) is 6.92 Å². The van der Waals surface area contributed by atoms with E-state index in [1.165, 1.54) is 0 Å². The summed E-state index contributed by atoms with van der Waals surface area (Å²) in [5, 5.41) is 2.89. The summed E-state index contributed by atoms with van der Waals surface area (Å²) in [7, 11) is 0. The fourth-order valence-corrected chi connectivity index (χ4v) is 2.44. The summed E-state index contributed by atoms with van der Waals surface area (Å²) >= 11 is 0. The van der Waals surface area contributed by atoms with Crippen molar-refractivity contribution < 1.29 is 9.53 Å². The molecular weight excluding hydrogens is 316 g/mol. The monoisotopic (exact) mass is 338 g/mol. The number of nitrogens with zero attached hydrogens (tertiary/aromatic N) is 1. The number of carbonyl (C=O) groups is 1. The molecule has 0 aliphatic rings. The van der Waals surface area contributed by atoms with Crippen LogP contribution in [0.15, 0.2) is 42.5 Å². The van der Waals surface area contributed by atoms with Crippen LogP contribution in [0.5, 0.6) is 5.75 Å². The van der Waals surface area contributed by atoms with Crippen molar-refractivity contribution in [3.63, 3.8) is 0 Å². The van der Waals surface area contributed by atoms with Gasteiger partial charge in [-0.2, -0.15) is 0 Å². The summed E-state index contributed by atoms with van der Waals surface area (Å²) in [5.41, 5.74) is 8.52. The van der Waals surface area contributed by atoms with Gasteiger partial charge in [-0.15, -0.1) is 0 Å². The van der Waals surface area contributed by atoms with E-state index in [4.69, 9.17) is 10.5 Å². The third kappa shape index (κ3) is 3.97. The van der Waals surface area contributed by atoms with Crippen molar-refractivity contribution in [2.75, 3.05) is 5.32 Å². The van der Waals surface area contributed by atoms with E-state index in [1.54, 1.807) is 12.1 Å². The Balaban J connectivity index is 1.71. The Morgan fingerprint density at radius 2 is 2.04 bits per heavy atom. The van der Waals surface area contributed by atoms with E-state index in [1.807, 2.05) is 37.3 Å². The zero-order valence-corrected chi connectivity index (χ0v) is 14.4. The maximum atomic E-state index is 12.4. The average Bonchev–Trinajstić information content (AvgIpc) is 3.04. The van der Waals surface area contributed by atoms with E-state index < -0.39 is 0 Å². The molecule has 0 aliphatic heterocycles. The number of carbonyl (C=O) groups excluding carboxylic acids is 1. The number of benzene rings is 2. The van der Waals surface area contributed by atoms with E-state index in [2.05, 4.69) is 22.2 Å². The number of aromatic nitrogens is 2. The number of imidazole rings is 1. The SMILES string of the molecule is CCC(C)Oc1ccc(C(=O)Nc2ccc3nc(CN)[nH]c3c2)cc1. The number of fused-ring (bicyclic) bond motifs is 1. The highest BCUT2D eigenvalue weighted by Gasteiger charge is 2.09. The molecule has 0 fully saturated rings. The van der Waals surface area contributed by atoms with Crippen LogP contribution in [-0.4, -0.2) is 22.0 Å². The number of H-pyrrole nitrogens is 1. The highest BCUT2D eigenvalue weighted by atomic mass is 16.5. The quantitative estimate of drug-likeness (QED) is 0.642. The van der Waals surface area contributed by atoms with Gasteiger partial charge in [0.05, 0.1) is 23.7 Å². The van der Waals surface area contributed by atoms with Crippen molar-refractivity contribution in [2.45, 2.75) is 32.9 Å². The molecule has 0 bridgehead atoms. The maximum absolute atomic E-state index is 12.4. The second kappa shape index (κ2) is 7.36. The van der Waals surface area contributed by atoms with Crippen LogP contribution in [0.25, 0.3) is 11.0 Å². The van der Waals surface area contributed by atoms with Gasteiger partial charge in [0.2, 0.25) is 0 Å². The lowest BCUT2D eigenvalue weighted by molar-refractivity contribution is 0.102. The van der Waals surface area contributed by atoms with Gasteiger partial charge in [0.15, 0.2) is 0 Å². The molecule has 1 heterocycles. The van der Waals surface area contributed by atoms with Crippen molar-refractivity contribution in [3.05, 3.63) is 53.9 Å². The van der Waals surface area contributed by atoms with Crippen molar-refractivity contribution in [1.29, 1.82) is 0 Å². The van der Waals surface area contributed by atoms with Crippen molar-refractivity contribution in [3.8, 4) is 5.75 Å². The second-order valence-corrected chi connectivity index (χ2v) is 5.93. The minimum absolute atomic E-state index is 0.152. The molecule has 0 aliphatic carbocycles. The lowest BCUT2D eigenvalue weighted by atomic mass is 10.2. The van der Waals surface area contributed by atoms with Crippen molar-refractivity contribution in [2.24, 2.45) is 5.73 Å². The molecule has 0 saturated carbocycles. The number of nitrogens with two attached hydrogens (primary N) is 1. The molecule has 0 spiro atoms. The summed E-state index contributed by atoms with van der Waals surface area (Å²) < 4.78 is 5.72. The van der Waals surface area contributed by atoms with Crippen LogP contribution in [0.3, 0.4) is 0 Å². The molecule has 130 valence electrons. The zero-order valence-electron chi connectivity index (χ0n) is 14.4. The first-order valence-corrected chi connectivity index (χ1v) is 8.36. The van der Waals surface area contributed by atoms with Crippen LogP contribution in [0.2, 0.25) is 0 Å². The fourth-order valence-electron chi connectivity index (χ4n) is 2.44. The Hall–Kier alpha value is -2.86. The molecule has 4 N–H and O–H groups in total. The number of amides is 1. The van der Waals surface area contributed by atoms with Crippen LogP contribution in [0, 0.1) is 0 Å². The zero-order chi connectivity index (χ0) is 17.8. The van der Waals surface area contributed by atoms with Crippen molar-refractivity contribution in [1.82, 2.24) is 9.97 Å². The molecule has 1 atom stereocenters. The highest BCUT2D eigenvalue weighted by molar-refractivity contribution is 6.05. The third-order valence-corrected chi connectivity index (χ3v) is 4.01. The number of rotatable bonds is 6. The standard InChI is InChI=1S/C19H22N4O2/c1-3-12(2)25-15-7-4-13(5-8-15)19(24)21-14-6-9-16-17(10-14)23-18(11-20)22-16/h4-10,12H,3,11,20H2,1-2H3,(H,21,24)(H,22,23). The molecule has 25 heavy (non-hydrogen) atoms. The first-order chi connectivity index (χ1) is 12.1. The number of hydrogen-bond acceptors (Lipinski definition) is 4. The lowest BCUT2D eigenvalue weighted by Crippen LogP contribution is -2.12. The van der Waals surface area contributed by atoms with Gasteiger partial charge >= 0.3 is 0 Å². The van der Waals surface area contributed by atoms with Gasteiger partial charge in [-0.3, -0.25) is 4.79 Å². The topological polar surface area (TPSA) is 93.0 Å². The van der Waals surface area contributed by atoms with E-state index >= 15 is 0 Å². The number of ether oxygens (including phenoxy) is 1. The van der Waals surface area contributed by atoms with E-state index in [0.29, 0.717) is 17.8 Å². The predicted molar refractivity (Wildman–Crippen MR) is 98.8 cm³/mol. The largest absolute Gasteiger partial charge is 0.491 e. The number of nitrogens with one attached hydrogen (secondary N) is 2. The minimum atomic E-state index is -0.173. The normalized spacial score (nSPS) is 12.1. The Kier molecular flexibility index (Phi) is 5.00. The smallest absolute Gasteiger partial charge is 0.255 e. The van der Waals surface area contributed by atoms with Gasteiger partial charge < -0.3 is 20.8 Å². The Morgan fingerprint density at radius 1 is 1.28 bits per heavy atom. The van der Waals surface area contributed by atoms with Crippen LogP contribution in [0.1, 0.15) is 36.5 Å². The Morgan fingerprint density at radius 3 is 2.72 bits per heavy atom. The highest BCUT2D eigenvalue weighted by Crippen LogP contribution is 2.19. The molecule has 6 nitrogen and oxygen atoms in total. The van der Waals surface area contributed by atoms with E-state index in [9.17, 15) is 4.79 Å². The first kappa shape index (κ1) is 17.0. The lowest BCUT2D eigenvalue weighted by Gasteiger charge is -2.12. The summed E-state index contributed by atoms with van der Waals surface area (Å²) in [4.78, 5) is 19.9. The molecule has 1 amide bonds. The fraction of sp³-hybridized carbons (Fsp3) is 0.263. The van der Waals surface area contributed by atoms with Crippen LogP contribution in [-0.2, 0) is 6.54 Å². The van der Waals surface area contributed by atoms with Crippen molar-refractivity contribution >= 4 is 22.6 Å². The second-order valence-electron chi connectivity index (χ2n) is 5.93. The molecule has 3 rings (SSSR count). The molecule has 0 saturated heterocycles. The van der Waals surface area contributed by atoms with Gasteiger partial charge in [-0.25, -0.2) is 4.98 Å². The molecule has 0 radical (unpaired) electrons. The molecule has 2 aromatic carbocycles. The van der Waals surface area contributed by atoms with Gasteiger partial charge in [0.1, 0.15) is 11.6 Å². The van der Waals surface area contributed by atoms with Crippen LogP contribution >= 0.6 is 0 Å². The Bertz CT molecular complexity index is 871. The number of aromatic amines is 1. The van der Waals surface area contributed by atoms with Crippen LogP contribution < -0.4 is 15.8 Å². The van der Waals surface area contributed by atoms with E-state index in [0.717, 1.165) is 29.0 Å². The predicted octanol–water partition coefficient (Wildman–Crippen LogP) is 3.45. The summed E-state index contributed by atoms with van der Waals surface area (Å²) in [6, 6.07) is 12.7. The minimum Gasteiger partial charge on any atom is -0.491 e. The number of anilines is 1. The molecular formula is C19H22N4O2. The molecule has 6 heteroatoms. The first-order valence-electron chi connectivity index (χ1n) is 8.36. The maximum Gasteiger partial charge on any atom is 0.255 e. The summed E-state index contributed by atoms with van der Waals surface area (Å²) in [6.07, 6.45) is 1.09. The molecule has 1 unspecified atom stereocenters. The summed E-state index contributed by atoms with van der Waals surface area (Å²) in [5.74, 6) is 1.31. The Labute approximate surface area is 146 Å². The summed E-state index contributed by atoms with van der Waals surface area (Å²) in [6.45, 7) is 4.43. The molecule has 3 aromatic rings. The average molecular weight is 338 g/mol. The third-order valence-electron chi connectivity index (χ3n) is 4.01.